The maximum absolute atomic E-state index is 11.9. The summed E-state index contributed by atoms with van der Waals surface area (Å²) in [5.74, 6) is -0.108. The predicted molar refractivity (Wildman–Crippen MR) is 82.9 cm³/mol. The highest BCUT2D eigenvalue weighted by atomic mass is 79.9. The molecule has 0 bridgehead atoms. The summed E-state index contributed by atoms with van der Waals surface area (Å²) in [6.45, 7) is 3.68. The molecule has 2 aromatic rings. The van der Waals surface area contributed by atoms with Crippen LogP contribution in [0.2, 0.25) is 5.02 Å². The number of hydrogen-bond acceptors (Lipinski definition) is 3. The Kier molecular flexibility index (Phi) is 4.87. The minimum Gasteiger partial charge on any atom is -0.458 e. The standard InChI is InChI=1S/C14H12BrClN2O2/c1-2-13(17-11-5-3-10(16)4-6-11)18-14(19)12-7-9(15)8-20-12/h2-8,13,17H,1H2,(H,18,19). The fourth-order valence-corrected chi connectivity index (χ4v) is 1.95. The van der Waals surface area contributed by atoms with E-state index in [1.807, 2.05) is 12.1 Å². The summed E-state index contributed by atoms with van der Waals surface area (Å²) >= 11 is 9.04. The third kappa shape index (κ3) is 3.88. The Morgan fingerprint density at radius 1 is 1.40 bits per heavy atom. The molecule has 0 fully saturated rings. The molecule has 1 heterocycles. The maximum Gasteiger partial charge on any atom is 0.288 e. The van der Waals surface area contributed by atoms with Gasteiger partial charge in [-0.1, -0.05) is 18.2 Å². The van der Waals surface area contributed by atoms with E-state index >= 15 is 0 Å². The van der Waals surface area contributed by atoms with Crippen LogP contribution in [0.25, 0.3) is 0 Å². The van der Waals surface area contributed by atoms with Gasteiger partial charge in [-0.3, -0.25) is 4.79 Å². The minimum atomic E-state index is -0.424. The first-order valence-electron chi connectivity index (χ1n) is 5.78. The first-order valence-corrected chi connectivity index (χ1v) is 6.95. The highest BCUT2D eigenvalue weighted by Gasteiger charge is 2.14. The molecule has 0 aliphatic heterocycles. The molecule has 104 valence electrons. The number of nitrogens with one attached hydrogen (secondary N) is 2. The molecule has 2 rings (SSSR count). The molecular weight excluding hydrogens is 344 g/mol. The van der Waals surface area contributed by atoms with Gasteiger partial charge in [0.2, 0.25) is 0 Å². The smallest absolute Gasteiger partial charge is 0.288 e. The number of amides is 1. The quantitative estimate of drug-likeness (QED) is 0.628. The molecule has 20 heavy (non-hydrogen) atoms. The van der Waals surface area contributed by atoms with Crippen LogP contribution in [0.5, 0.6) is 0 Å². The predicted octanol–water partition coefficient (Wildman–Crippen LogP) is 4.05. The first kappa shape index (κ1) is 14.7. The number of rotatable bonds is 5. The third-order valence-corrected chi connectivity index (χ3v) is 3.15. The molecule has 1 atom stereocenters. The molecule has 0 spiro atoms. The van der Waals surface area contributed by atoms with E-state index < -0.39 is 6.17 Å². The van der Waals surface area contributed by atoms with Crippen LogP contribution in [0.15, 0.2) is 58.1 Å². The summed E-state index contributed by atoms with van der Waals surface area (Å²) in [6, 6.07) is 8.74. The molecule has 1 aromatic carbocycles. The highest BCUT2D eigenvalue weighted by Crippen LogP contribution is 2.15. The number of hydrogen-bond donors (Lipinski definition) is 2. The van der Waals surface area contributed by atoms with Gasteiger partial charge in [-0.15, -0.1) is 0 Å². The summed E-state index contributed by atoms with van der Waals surface area (Å²) in [7, 11) is 0. The lowest BCUT2D eigenvalue weighted by atomic mass is 10.3. The van der Waals surface area contributed by atoms with Crippen LogP contribution in [-0.2, 0) is 0 Å². The number of carbonyl (C=O) groups excluding carboxylic acids is 1. The van der Waals surface area contributed by atoms with Crippen LogP contribution >= 0.6 is 27.5 Å². The number of carbonyl (C=O) groups is 1. The van der Waals surface area contributed by atoms with Gasteiger partial charge in [-0.05, 0) is 46.3 Å². The largest absolute Gasteiger partial charge is 0.458 e. The Bertz CT molecular complexity index is 610. The van der Waals surface area contributed by atoms with Crippen molar-refractivity contribution in [2.24, 2.45) is 0 Å². The topological polar surface area (TPSA) is 54.3 Å². The van der Waals surface area contributed by atoms with Crippen molar-refractivity contribution in [2.45, 2.75) is 6.17 Å². The van der Waals surface area contributed by atoms with Gasteiger partial charge in [0.1, 0.15) is 12.4 Å². The zero-order valence-corrected chi connectivity index (χ0v) is 12.7. The average molecular weight is 356 g/mol. The average Bonchev–Trinajstić information content (AvgIpc) is 2.87. The molecule has 6 heteroatoms. The van der Waals surface area contributed by atoms with Crippen molar-refractivity contribution >= 4 is 39.1 Å². The molecule has 4 nitrogen and oxygen atoms in total. The van der Waals surface area contributed by atoms with Crippen molar-refractivity contribution in [3.05, 3.63) is 64.5 Å². The monoisotopic (exact) mass is 354 g/mol. The van der Waals surface area contributed by atoms with Gasteiger partial charge in [0, 0.05) is 16.8 Å². The number of furan rings is 1. The molecule has 0 aliphatic carbocycles. The van der Waals surface area contributed by atoms with E-state index in [4.69, 9.17) is 16.0 Å². The molecule has 0 aliphatic rings. The fraction of sp³-hybridized carbons (Fsp3) is 0.0714. The summed E-state index contributed by atoms with van der Waals surface area (Å²) in [5.41, 5.74) is 0.820. The van der Waals surface area contributed by atoms with Crippen molar-refractivity contribution in [2.75, 3.05) is 5.32 Å². The normalized spacial score (nSPS) is 11.7. The van der Waals surface area contributed by atoms with Gasteiger partial charge in [0.15, 0.2) is 5.76 Å². The first-order chi connectivity index (χ1) is 9.58. The fourth-order valence-electron chi connectivity index (χ4n) is 1.52. The van der Waals surface area contributed by atoms with E-state index in [-0.39, 0.29) is 11.7 Å². The second-order valence-electron chi connectivity index (χ2n) is 3.97. The highest BCUT2D eigenvalue weighted by molar-refractivity contribution is 9.10. The number of anilines is 1. The second kappa shape index (κ2) is 6.63. The van der Waals surface area contributed by atoms with Gasteiger partial charge >= 0.3 is 0 Å². The van der Waals surface area contributed by atoms with E-state index in [1.54, 1.807) is 24.3 Å². The second-order valence-corrected chi connectivity index (χ2v) is 5.32. The maximum atomic E-state index is 11.9. The van der Waals surface area contributed by atoms with Gasteiger partial charge in [-0.25, -0.2) is 0 Å². The Morgan fingerprint density at radius 2 is 2.10 bits per heavy atom. The zero-order chi connectivity index (χ0) is 14.5. The van der Waals surface area contributed by atoms with E-state index in [0.29, 0.717) is 9.50 Å². The zero-order valence-electron chi connectivity index (χ0n) is 10.4. The Hall–Kier alpha value is -1.72. The Morgan fingerprint density at radius 3 is 2.65 bits per heavy atom. The number of halogens is 2. The van der Waals surface area contributed by atoms with Crippen LogP contribution in [-0.4, -0.2) is 12.1 Å². The molecule has 2 N–H and O–H groups in total. The third-order valence-electron chi connectivity index (χ3n) is 2.48. The summed E-state index contributed by atoms with van der Waals surface area (Å²) in [4.78, 5) is 11.9. The van der Waals surface area contributed by atoms with Crippen LogP contribution in [0.3, 0.4) is 0 Å². The Labute approximate surface area is 129 Å². The van der Waals surface area contributed by atoms with Gasteiger partial charge in [-0.2, -0.15) is 0 Å². The lowest BCUT2D eigenvalue weighted by molar-refractivity contribution is 0.0920. The molecular formula is C14H12BrClN2O2. The van der Waals surface area contributed by atoms with E-state index in [1.165, 1.54) is 6.26 Å². The van der Waals surface area contributed by atoms with Crippen LogP contribution in [0.4, 0.5) is 5.69 Å². The SMILES string of the molecule is C=CC(NC(=O)c1cc(Br)co1)Nc1ccc(Cl)cc1. The van der Waals surface area contributed by atoms with E-state index in [9.17, 15) is 4.79 Å². The number of benzene rings is 1. The van der Waals surface area contributed by atoms with Crippen LogP contribution < -0.4 is 10.6 Å². The molecule has 0 saturated heterocycles. The Balaban J connectivity index is 2.00. The van der Waals surface area contributed by atoms with Crippen molar-refractivity contribution in [3.63, 3.8) is 0 Å². The lowest BCUT2D eigenvalue weighted by Crippen LogP contribution is -2.38. The van der Waals surface area contributed by atoms with Crippen molar-refractivity contribution in [1.82, 2.24) is 5.32 Å². The van der Waals surface area contributed by atoms with Gasteiger partial charge in [0.25, 0.3) is 5.91 Å². The molecule has 0 radical (unpaired) electrons. The van der Waals surface area contributed by atoms with E-state index in [0.717, 1.165) is 5.69 Å². The summed E-state index contributed by atoms with van der Waals surface area (Å²) in [5, 5.41) is 6.49. The van der Waals surface area contributed by atoms with Crippen LogP contribution in [0.1, 0.15) is 10.6 Å². The van der Waals surface area contributed by atoms with Gasteiger partial charge < -0.3 is 15.1 Å². The molecule has 1 aromatic heterocycles. The van der Waals surface area contributed by atoms with Gasteiger partial charge in [0.05, 0.1) is 4.47 Å². The van der Waals surface area contributed by atoms with E-state index in [2.05, 4.69) is 33.1 Å². The van der Waals surface area contributed by atoms with Crippen molar-refractivity contribution in [1.29, 1.82) is 0 Å². The van der Waals surface area contributed by atoms with Crippen molar-refractivity contribution in [3.8, 4) is 0 Å². The minimum absolute atomic E-state index is 0.224. The van der Waals surface area contributed by atoms with Crippen molar-refractivity contribution < 1.29 is 9.21 Å². The lowest BCUT2D eigenvalue weighted by Gasteiger charge is -2.17. The molecule has 1 unspecified atom stereocenters. The molecule has 1 amide bonds. The summed E-state index contributed by atoms with van der Waals surface area (Å²) in [6.07, 6.45) is 2.61. The molecule has 0 saturated carbocycles. The van der Waals surface area contributed by atoms with Crippen LogP contribution in [0, 0.1) is 0 Å². The summed E-state index contributed by atoms with van der Waals surface area (Å²) < 4.78 is 5.81.